The van der Waals surface area contributed by atoms with Crippen LogP contribution in [0.3, 0.4) is 0 Å². The van der Waals surface area contributed by atoms with Crippen LogP contribution in [0.2, 0.25) is 0 Å². The summed E-state index contributed by atoms with van der Waals surface area (Å²) in [5.41, 5.74) is 2.29. The molecule has 0 atom stereocenters. The van der Waals surface area contributed by atoms with E-state index in [1.54, 1.807) is 24.3 Å². The lowest BCUT2D eigenvalue weighted by Crippen LogP contribution is -2.31. The summed E-state index contributed by atoms with van der Waals surface area (Å²) in [4.78, 5) is 35.2. The van der Waals surface area contributed by atoms with Gasteiger partial charge in [0.1, 0.15) is 6.54 Å². The van der Waals surface area contributed by atoms with E-state index >= 15 is 0 Å². The predicted molar refractivity (Wildman–Crippen MR) is 108 cm³/mol. The van der Waals surface area contributed by atoms with Gasteiger partial charge in [0.15, 0.2) is 0 Å². The van der Waals surface area contributed by atoms with Gasteiger partial charge in [0, 0.05) is 12.1 Å². The third kappa shape index (κ3) is 6.54. The van der Waals surface area contributed by atoms with Crippen molar-refractivity contribution in [1.29, 1.82) is 0 Å². The zero-order valence-corrected chi connectivity index (χ0v) is 16.5. The number of amides is 2. The third-order valence-electron chi connectivity index (χ3n) is 4.42. The van der Waals surface area contributed by atoms with Gasteiger partial charge in [-0.2, -0.15) is 0 Å². The number of esters is 1. The van der Waals surface area contributed by atoms with Gasteiger partial charge in [-0.15, -0.1) is 0 Å². The highest BCUT2D eigenvalue weighted by Gasteiger charge is 2.24. The lowest BCUT2D eigenvalue weighted by molar-refractivity contribution is -0.141. The molecule has 0 unspecified atom stereocenters. The molecule has 2 aromatic carbocycles. The van der Waals surface area contributed by atoms with Crippen molar-refractivity contribution >= 4 is 23.5 Å². The lowest BCUT2D eigenvalue weighted by Gasteiger charge is -2.24. The number of hydrogen-bond donors (Lipinski definition) is 2. The highest BCUT2D eigenvalue weighted by atomic mass is 16.5. The highest BCUT2D eigenvalue weighted by Crippen LogP contribution is 2.27. The normalized spacial score (nSPS) is 10.8. The molecule has 148 valence electrons. The maximum Gasteiger partial charge on any atom is 0.325 e. The summed E-state index contributed by atoms with van der Waals surface area (Å²) in [5.74, 6) is -0.839. The minimum atomic E-state index is -0.496. The first kappa shape index (κ1) is 21.2. The SMILES string of the molecule is COC(=O)CNC(=O)Cc1ccc(NC(=O)CC(C)(C)c2ccccc2)cc1. The molecule has 6 nitrogen and oxygen atoms in total. The standard InChI is InChI=1S/C22H26N2O4/c1-22(2,17-7-5-4-6-8-17)14-20(26)24-18-11-9-16(10-12-18)13-19(25)23-15-21(27)28-3/h4-12H,13-15H2,1-3H3,(H,23,25)(H,24,26). The van der Waals surface area contributed by atoms with Gasteiger partial charge in [-0.1, -0.05) is 56.3 Å². The molecule has 6 heteroatoms. The van der Waals surface area contributed by atoms with Gasteiger partial charge < -0.3 is 15.4 Å². The Bertz CT molecular complexity index is 814. The number of rotatable bonds is 8. The van der Waals surface area contributed by atoms with Crippen LogP contribution in [-0.2, 0) is 31.0 Å². The second-order valence-corrected chi connectivity index (χ2v) is 7.20. The van der Waals surface area contributed by atoms with Gasteiger partial charge >= 0.3 is 5.97 Å². The topological polar surface area (TPSA) is 84.5 Å². The molecule has 0 saturated carbocycles. The van der Waals surface area contributed by atoms with Gasteiger partial charge in [-0.25, -0.2) is 0 Å². The molecule has 0 aromatic heterocycles. The summed E-state index contributed by atoms with van der Waals surface area (Å²) in [6.45, 7) is 3.93. The van der Waals surface area contributed by atoms with Crippen LogP contribution in [0.1, 0.15) is 31.4 Å². The van der Waals surface area contributed by atoms with Crippen molar-refractivity contribution in [3.63, 3.8) is 0 Å². The maximum atomic E-state index is 12.4. The first-order valence-electron chi connectivity index (χ1n) is 9.08. The Morgan fingerprint density at radius 2 is 1.57 bits per heavy atom. The van der Waals surface area contributed by atoms with E-state index in [4.69, 9.17) is 0 Å². The molecule has 2 N–H and O–H groups in total. The van der Waals surface area contributed by atoms with Crippen LogP contribution in [0.5, 0.6) is 0 Å². The maximum absolute atomic E-state index is 12.4. The van der Waals surface area contributed by atoms with Gasteiger partial charge in [0.05, 0.1) is 13.5 Å². The number of hydrogen-bond acceptors (Lipinski definition) is 4. The number of carbonyl (C=O) groups is 3. The molecule has 0 saturated heterocycles. The van der Waals surface area contributed by atoms with Crippen LogP contribution < -0.4 is 10.6 Å². The number of benzene rings is 2. The fourth-order valence-electron chi connectivity index (χ4n) is 2.79. The molecule has 0 fully saturated rings. The Hall–Kier alpha value is -3.15. The number of anilines is 1. The minimum Gasteiger partial charge on any atom is -0.468 e. The van der Waals surface area contributed by atoms with Gasteiger partial charge in [0.25, 0.3) is 0 Å². The minimum absolute atomic E-state index is 0.0718. The zero-order valence-electron chi connectivity index (χ0n) is 16.5. The Morgan fingerprint density at radius 3 is 2.18 bits per heavy atom. The number of carbonyl (C=O) groups excluding carboxylic acids is 3. The largest absolute Gasteiger partial charge is 0.468 e. The average molecular weight is 382 g/mol. The van der Waals surface area contributed by atoms with Crippen molar-refractivity contribution in [2.75, 3.05) is 19.0 Å². The zero-order chi connectivity index (χ0) is 20.6. The van der Waals surface area contributed by atoms with Crippen molar-refractivity contribution in [3.8, 4) is 0 Å². The smallest absolute Gasteiger partial charge is 0.325 e. The fourth-order valence-corrected chi connectivity index (χ4v) is 2.79. The Balaban J connectivity index is 1.87. The van der Waals surface area contributed by atoms with E-state index in [2.05, 4.69) is 15.4 Å². The van der Waals surface area contributed by atoms with E-state index in [1.807, 2.05) is 44.2 Å². The van der Waals surface area contributed by atoms with E-state index in [-0.39, 0.29) is 30.2 Å². The summed E-state index contributed by atoms with van der Waals surface area (Å²) < 4.78 is 4.47. The molecule has 2 amide bonds. The van der Waals surface area contributed by atoms with E-state index in [9.17, 15) is 14.4 Å². The molecule has 0 radical (unpaired) electrons. The molecular formula is C22H26N2O4. The van der Waals surface area contributed by atoms with Crippen LogP contribution in [0.15, 0.2) is 54.6 Å². The second-order valence-electron chi connectivity index (χ2n) is 7.20. The Morgan fingerprint density at radius 1 is 0.929 bits per heavy atom. The summed E-state index contributed by atoms with van der Waals surface area (Å²) in [5, 5.41) is 5.38. The summed E-state index contributed by atoms with van der Waals surface area (Å²) >= 11 is 0. The van der Waals surface area contributed by atoms with Crippen molar-refractivity contribution in [3.05, 3.63) is 65.7 Å². The second kappa shape index (κ2) is 9.69. The summed E-state index contributed by atoms with van der Waals surface area (Å²) in [7, 11) is 1.27. The van der Waals surface area contributed by atoms with Crippen LogP contribution in [0.4, 0.5) is 5.69 Å². The van der Waals surface area contributed by atoms with Gasteiger partial charge in [-0.3, -0.25) is 14.4 Å². The number of ether oxygens (including phenoxy) is 1. The third-order valence-corrected chi connectivity index (χ3v) is 4.42. The predicted octanol–water partition coefficient (Wildman–Crippen LogP) is 2.82. The molecule has 0 aliphatic carbocycles. The van der Waals surface area contributed by atoms with Crippen molar-refractivity contribution in [1.82, 2.24) is 5.32 Å². The van der Waals surface area contributed by atoms with E-state index < -0.39 is 5.97 Å². The first-order valence-corrected chi connectivity index (χ1v) is 9.08. The number of methoxy groups -OCH3 is 1. The van der Waals surface area contributed by atoms with E-state index in [1.165, 1.54) is 7.11 Å². The van der Waals surface area contributed by atoms with E-state index in [0.29, 0.717) is 12.1 Å². The Kier molecular flexibility index (Phi) is 7.32. The molecule has 2 rings (SSSR count). The molecule has 0 aliphatic rings. The van der Waals surface area contributed by atoms with Crippen LogP contribution in [0.25, 0.3) is 0 Å². The van der Waals surface area contributed by atoms with Crippen LogP contribution >= 0.6 is 0 Å². The molecular weight excluding hydrogens is 356 g/mol. The van der Waals surface area contributed by atoms with Gasteiger partial charge in [0.2, 0.25) is 11.8 Å². The van der Waals surface area contributed by atoms with Crippen molar-refractivity contribution < 1.29 is 19.1 Å². The van der Waals surface area contributed by atoms with Crippen LogP contribution in [-0.4, -0.2) is 31.4 Å². The Labute approximate surface area is 165 Å². The van der Waals surface area contributed by atoms with Crippen molar-refractivity contribution in [2.45, 2.75) is 32.1 Å². The molecule has 0 spiro atoms. The van der Waals surface area contributed by atoms with E-state index in [0.717, 1.165) is 11.1 Å². The number of nitrogens with one attached hydrogen (secondary N) is 2. The molecule has 0 heterocycles. The lowest BCUT2D eigenvalue weighted by atomic mass is 9.81. The van der Waals surface area contributed by atoms with Gasteiger partial charge in [-0.05, 0) is 28.7 Å². The summed E-state index contributed by atoms with van der Waals surface area (Å²) in [6.07, 6.45) is 0.501. The quantitative estimate of drug-likeness (QED) is 0.688. The van der Waals surface area contributed by atoms with Crippen LogP contribution in [0, 0.1) is 0 Å². The molecule has 0 aliphatic heterocycles. The fraction of sp³-hybridized carbons (Fsp3) is 0.318. The molecule has 2 aromatic rings. The molecule has 0 bridgehead atoms. The molecule has 28 heavy (non-hydrogen) atoms. The average Bonchev–Trinajstić information content (AvgIpc) is 2.68. The monoisotopic (exact) mass is 382 g/mol. The summed E-state index contributed by atoms with van der Waals surface area (Å²) in [6, 6.07) is 17.0. The first-order chi connectivity index (χ1) is 13.3. The highest BCUT2D eigenvalue weighted by molar-refractivity contribution is 5.91. The van der Waals surface area contributed by atoms with Crippen molar-refractivity contribution in [2.24, 2.45) is 0 Å².